The average molecular weight is 444 g/mol. The molecule has 0 spiro atoms. The number of pyridine rings is 1. The fourth-order valence-corrected chi connectivity index (χ4v) is 2.43. The van der Waals surface area contributed by atoms with Crippen LogP contribution in [-0.2, 0) is 4.74 Å². The smallest absolute Gasteiger partial charge is 0.405 e. The SMILES string of the molecule is C#C/C=C\c1oc2c(C)cc(Cl)nc2c1Br.CC.CC(C)(C)OC(N)=O. The van der Waals surface area contributed by atoms with E-state index in [1.54, 1.807) is 39.0 Å². The van der Waals surface area contributed by atoms with Crippen LogP contribution in [0.2, 0.25) is 5.15 Å². The Morgan fingerprint density at radius 2 is 2.04 bits per heavy atom. The van der Waals surface area contributed by atoms with Gasteiger partial charge in [0, 0.05) is 0 Å². The van der Waals surface area contributed by atoms with Gasteiger partial charge in [-0.15, -0.1) is 6.42 Å². The second-order valence-corrected chi connectivity index (χ2v) is 6.93. The summed E-state index contributed by atoms with van der Waals surface area (Å²) in [5, 5.41) is 0.443. The summed E-state index contributed by atoms with van der Waals surface area (Å²) in [7, 11) is 0. The van der Waals surface area contributed by atoms with Crippen LogP contribution in [0.25, 0.3) is 17.2 Å². The van der Waals surface area contributed by atoms with Crippen LogP contribution in [0.1, 0.15) is 45.9 Å². The van der Waals surface area contributed by atoms with E-state index in [9.17, 15) is 4.79 Å². The first-order valence-electron chi connectivity index (χ1n) is 7.91. The number of nitrogens with two attached hydrogens (primary N) is 1. The quantitative estimate of drug-likeness (QED) is 0.426. The Bertz CT molecular complexity index is 815. The minimum atomic E-state index is -0.725. The number of fused-ring (bicyclic) bond motifs is 1. The van der Waals surface area contributed by atoms with Crippen molar-refractivity contribution in [1.29, 1.82) is 0 Å². The maximum atomic E-state index is 10.0. The molecule has 0 saturated carbocycles. The van der Waals surface area contributed by atoms with Gasteiger partial charge in [-0.05, 0) is 67.4 Å². The van der Waals surface area contributed by atoms with Gasteiger partial charge in [0.2, 0.25) is 0 Å². The fourth-order valence-electron chi connectivity index (χ4n) is 1.70. The average Bonchev–Trinajstić information content (AvgIpc) is 2.82. The second-order valence-electron chi connectivity index (χ2n) is 5.75. The van der Waals surface area contributed by atoms with Crippen molar-refractivity contribution in [2.24, 2.45) is 5.73 Å². The molecule has 2 heterocycles. The number of hydrogen-bond donors (Lipinski definition) is 1. The summed E-state index contributed by atoms with van der Waals surface area (Å²) in [6.07, 6.45) is 7.70. The molecule has 2 aromatic heterocycles. The van der Waals surface area contributed by atoms with Crippen LogP contribution in [0.4, 0.5) is 4.79 Å². The van der Waals surface area contributed by atoms with Crippen LogP contribution in [0.15, 0.2) is 21.0 Å². The van der Waals surface area contributed by atoms with Crippen LogP contribution in [0, 0.1) is 19.3 Å². The van der Waals surface area contributed by atoms with Gasteiger partial charge in [0.05, 0.1) is 4.47 Å². The molecule has 0 aliphatic carbocycles. The Balaban J connectivity index is 0.000000533. The van der Waals surface area contributed by atoms with Gasteiger partial charge >= 0.3 is 6.09 Å². The van der Waals surface area contributed by atoms with Gasteiger partial charge < -0.3 is 14.9 Å². The standard InChI is InChI=1S/C12H7BrClNO.C5H11NO2.C2H6/c1-3-4-5-8-10(13)11-12(16-8)7(2)6-9(14)15-11;1-5(2,3)8-4(6)7;1-2/h1,4-6H,2H3;1-3H3,(H2,6,7);1-2H3/b5-4-;;. The third-order valence-corrected chi connectivity index (χ3v) is 3.46. The summed E-state index contributed by atoms with van der Waals surface area (Å²) in [6.45, 7) is 11.2. The van der Waals surface area contributed by atoms with Crippen molar-refractivity contribution in [3.63, 3.8) is 0 Å². The molecule has 0 aliphatic rings. The Morgan fingerprint density at radius 1 is 1.46 bits per heavy atom. The molecule has 142 valence electrons. The molecule has 7 heteroatoms. The van der Waals surface area contributed by atoms with Gasteiger partial charge in [0.1, 0.15) is 22.0 Å². The number of furan rings is 1. The summed E-state index contributed by atoms with van der Waals surface area (Å²) < 4.78 is 11.0. The molecule has 0 bridgehead atoms. The number of primary amides is 1. The molecular weight excluding hydrogens is 420 g/mol. The number of carbonyl (C=O) groups excluding carboxylic acids is 1. The first-order valence-corrected chi connectivity index (χ1v) is 9.08. The van der Waals surface area contributed by atoms with Crippen LogP contribution < -0.4 is 5.73 Å². The molecule has 0 aromatic carbocycles. The van der Waals surface area contributed by atoms with Gasteiger partial charge in [-0.3, -0.25) is 0 Å². The second kappa shape index (κ2) is 10.9. The highest BCUT2D eigenvalue weighted by Gasteiger charge is 2.14. The summed E-state index contributed by atoms with van der Waals surface area (Å²) >= 11 is 9.30. The van der Waals surface area contributed by atoms with Crippen molar-refractivity contribution in [3.05, 3.63) is 33.1 Å². The molecule has 2 N–H and O–H groups in total. The highest BCUT2D eigenvalue weighted by molar-refractivity contribution is 9.10. The molecule has 0 fully saturated rings. The zero-order chi connectivity index (χ0) is 20.5. The fraction of sp³-hybridized carbons (Fsp3) is 0.368. The molecular formula is C19H24BrClN2O3. The molecule has 0 atom stereocenters. The van der Waals surface area contributed by atoms with E-state index >= 15 is 0 Å². The number of carbonyl (C=O) groups is 1. The number of allylic oxidation sites excluding steroid dienone is 1. The van der Waals surface area contributed by atoms with Gasteiger partial charge in [0.25, 0.3) is 0 Å². The lowest BCUT2D eigenvalue weighted by Gasteiger charge is -2.16. The van der Waals surface area contributed by atoms with Crippen LogP contribution >= 0.6 is 27.5 Å². The van der Waals surface area contributed by atoms with E-state index in [-0.39, 0.29) is 0 Å². The minimum absolute atomic E-state index is 0.443. The van der Waals surface area contributed by atoms with E-state index < -0.39 is 11.7 Å². The molecule has 0 saturated heterocycles. The van der Waals surface area contributed by atoms with Crippen LogP contribution in [0.3, 0.4) is 0 Å². The summed E-state index contributed by atoms with van der Waals surface area (Å²) in [4.78, 5) is 14.2. The lowest BCUT2D eigenvalue weighted by atomic mass is 10.2. The van der Waals surface area contributed by atoms with Crippen LogP contribution in [-0.4, -0.2) is 16.7 Å². The van der Waals surface area contributed by atoms with Crippen molar-refractivity contribution in [2.45, 2.75) is 47.1 Å². The minimum Gasteiger partial charge on any atom is -0.453 e. The molecule has 1 amide bonds. The van der Waals surface area contributed by atoms with Crippen molar-refractivity contribution in [3.8, 4) is 12.3 Å². The van der Waals surface area contributed by atoms with E-state index in [4.69, 9.17) is 28.2 Å². The van der Waals surface area contributed by atoms with Gasteiger partial charge in [-0.2, -0.15) is 0 Å². The third-order valence-electron chi connectivity index (χ3n) is 2.50. The topological polar surface area (TPSA) is 78.3 Å². The lowest BCUT2D eigenvalue weighted by molar-refractivity contribution is 0.0600. The number of hydrogen-bond acceptors (Lipinski definition) is 4. The number of terminal acetylenes is 1. The lowest BCUT2D eigenvalue weighted by Crippen LogP contribution is -2.27. The van der Waals surface area contributed by atoms with Crippen molar-refractivity contribution < 1.29 is 13.9 Å². The number of amides is 1. The zero-order valence-electron chi connectivity index (χ0n) is 15.8. The number of rotatable bonds is 1. The predicted molar refractivity (Wildman–Crippen MR) is 111 cm³/mol. The summed E-state index contributed by atoms with van der Waals surface area (Å²) in [5.41, 5.74) is 6.63. The number of aromatic nitrogens is 1. The maximum Gasteiger partial charge on any atom is 0.405 e. The Labute approximate surface area is 168 Å². The zero-order valence-corrected chi connectivity index (χ0v) is 18.2. The van der Waals surface area contributed by atoms with Crippen molar-refractivity contribution in [2.75, 3.05) is 0 Å². The molecule has 0 unspecified atom stereocenters. The highest BCUT2D eigenvalue weighted by Crippen LogP contribution is 2.33. The van der Waals surface area contributed by atoms with Gasteiger partial charge in [0.15, 0.2) is 5.58 Å². The summed E-state index contributed by atoms with van der Waals surface area (Å²) in [5.74, 6) is 3.05. The van der Waals surface area contributed by atoms with E-state index in [1.165, 1.54) is 0 Å². The Morgan fingerprint density at radius 3 is 2.46 bits per heavy atom. The van der Waals surface area contributed by atoms with Crippen molar-refractivity contribution in [1.82, 2.24) is 4.98 Å². The number of aryl methyl sites for hydroxylation is 1. The van der Waals surface area contributed by atoms with E-state index in [0.717, 1.165) is 10.0 Å². The first-order chi connectivity index (χ1) is 12.0. The van der Waals surface area contributed by atoms with Crippen LogP contribution in [0.5, 0.6) is 0 Å². The number of halogens is 2. The van der Waals surface area contributed by atoms with Gasteiger partial charge in [-0.25, -0.2) is 9.78 Å². The molecule has 2 aromatic rings. The van der Waals surface area contributed by atoms with E-state index in [0.29, 0.717) is 22.0 Å². The van der Waals surface area contributed by atoms with Crippen molar-refractivity contribution >= 4 is 50.8 Å². The van der Waals surface area contributed by atoms with E-state index in [2.05, 4.69) is 31.6 Å². The highest BCUT2D eigenvalue weighted by atomic mass is 79.9. The predicted octanol–water partition coefficient (Wildman–Crippen LogP) is 6.10. The van der Waals surface area contributed by atoms with E-state index in [1.807, 2.05) is 20.8 Å². The first kappa shape index (κ1) is 24.0. The number of nitrogens with zero attached hydrogens (tertiary/aromatic N) is 1. The Kier molecular flexibility index (Phi) is 10.1. The molecule has 2 rings (SSSR count). The third kappa shape index (κ3) is 7.94. The van der Waals surface area contributed by atoms with Gasteiger partial charge in [-0.1, -0.05) is 31.4 Å². The Hall–Kier alpha value is -1.97. The largest absolute Gasteiger partial charge is 0.453 e. The molecule has 0 radical (unpaired) electrons. The molecule has 5 nitrogen and oxygen atoms in total. The monoisotopic (exact) mass is 442 g/mol. The normalized spacial score (nSPS) is 10.4. The maximum absolute atomic E-state index is 10.0. The molecule has 26 heavy (non-hydrogen) atoms. The summed E-state index contributed by atoms with van der Waals surface area (Å²) in [6, 6.07) is 1.76. The molecule has 0 aliphatic heterocycles. The number of ether oxygens (including phenoxy) is 1.